The van der Waals surface area contributed by atoms with E-state index in [1.807, 2.05) is 12.1 Å². The maximum atomic E-state index is 15.4. The van der Waals surface area contributed by atoms with Crippen molar-refractivity contribution >= 4 is 17.7 Å². The Morgan fingerprint density at radius 2 is 1.83 bits per heavy atom. The van der Waals surface area contributed by atoms with Gasteiger partial charge in [0.2, 0.25) is 5.43 Å². The molecule has 0 aliphatic carbocycles. The van der Waals surface area contributed by atoms with E-state index in [4.69, 9.17) is 0 Å². The van der Waals surface area contributed by atoms with Crippen LogP contribution in [0.25, 0.3) is 0 Å². The van der Waals surface area contributed by atoms with Crippen molar-refractivity contribution in [2.75, 3.05) is 11.7 Å². The third-order valence-electron chi connectivity index (χ3n) is 6.34. The summed E-state index contributed by atoms with van der Waals surface area (Å²) in [4.78, 5) is 26.6. The summed E-state index contributed by atoms with van der Waals surface area (Å²) in [7, 11) is 0. The smallest absolute Gasteiger partial charge is 0.408 e. The zero-order valence-electron chi connectivity index (χ0n) is 18.3. The number of carbonyl (C=O) groups excluding carboxylic acids is 1. The molecule has 0 spiro atoms. The van der Waals surface area contributed by atoms with Gasteiger partial charge in [-0.15, -0.1) is 11.8 Å². The van der Waals surface area contributed by atoms with Crippen LogP contribution in [-0.4, -0.2) is 39.5 Å². The van der Waals surface area contributed by atoms with E-state index in [1.54, 1.807) is 24.3 Å². The lowest BCUT2D eigenvalue weighted by Crippen LogP contribution is -2.60. The molecule has 0 bridgehead atoms. The van der Waals surface area contributed by atoms with Gasteiger partial charge in [0.05, 0.1) is 0 Å². The topological polar surface area (TPSA) is 65.8 Å². The average Bonchev–Trinajstić information content (AvgIpc) is 2.98. The number of alkyl halides is 3. The highest BCUT2D eigenvalue weighted by atomic mass is 32.2. The largest absolute Gasteiger partial charge is 0.502 e. The Morgan fingerprint density at radius 3 is 2.57 bits per heavy atom. The first kappa shape index (κ1) is 23.3. The van der Waals surface area contributed by atoms with Crippen molar-refractivity contribution in [2.45, 2.75) is 35.8 Å². The summed E-state index contributed by atoms with van der Waals surface area (Å²) in [5.41, 5.74) is 0.0134. The Balaban J connectivity index is 1.80. The summed E-state index contributed by atoms with van der Waals surface area (Å²) < 4.78 is 57.7. The molecular formula is C24H19F4N3O3S. The van der Waals surface area contributed by atoms with Crippen molar-refractivity contribution in [1.82, 2.24) is 9.58 Å². The number of aromatic nitrogens is 1. The predicted octanol–water partition coefficient (Wildman–Crippen LogP) is 4.39. The van der Waals surface area contributed by atoms with E-state index in [9.17, 15) is 27.9 Å². The van der Waals surface area contributed by atoms with Gasteiger partial charge in [-0.2, -0.15) is 13.2 Å². The third-order valence-corrected chi connectivity index (χ3v) is 7.48. The van der Waals surface area contributed by atoms with Crippen LogP contribution in [0.5, 0.6) is 5.75 Å². The van der Waals surface area contributed by atoms with Gasteiger partial charge in [0.15, 0.2) is 11.4 Å². The van der Waals surface area contributed by atoms with E-state index in [0.717, 1.165) is 22.6 Å². The molecule has 5 rings (SSSR count). The van der Waals surface area contributed by atoms with E-state index in [2.05, 4.69) is 0 Å². The minimum atomic E-state index is -4.77. The number of amides is 1. The van der Waals surface area contributed by atoms with Crippen LogP contribution >= 0.6 is 11.8 Å². The van der Waals surface area contributed by atoms with E-state index in [1.165, 1.54) is 29.0 Å². The SMILES string of the molecule is C[C@@H](N1CN([C@@H]2c3ccccc3SCc3cccc(F)c32)n2ccc(=O)c(O)c2C1=O)C(F)(F)F. The molecule has 35 heavy (non-hydrogen) atoms. The number of thioether (sulfide) groups is 1. The first-order valence-electron chi connectivity index (χ1n) is 10.7. The summed E-state index contributed by atoms with van der Waals surface area (Å²) in [5.74, 6) is -2.24. The molecule has 2 atom stereocenters. The second-order valence-corrected chi connectivity index (χ2v) is 9.35. The van der Waals surface area contributed by atoms with Gasteiger partial charge in [-0.05, 0) is 30.2 Å². The summed E-state index contributed by atoms with van der Waals surface area (Å²) in [6, 6.07) is 9.58. The quantitative estimate of drug-likeness (QED) is 0.524. The molecule has 0 saturated carbocycles. The maximum Gasteiger partial charge on any atom is 0.408 e. The van der Waals surface area contributed by atoms with E-state index in [-0.39, 0.29) is 5.56 Å². The lowest BCUT2D eigenvalue weighted by molar-refractivity contribution is -0.173. The summed E-state index contributed by atoms with van der Waals surface area (Å²) in [6.45, 7) is 0.265. The minimum Gasteiger partial charge on any atom is -0.502 e. The number of halogens is 4. The van der Waals surface area contributed by atoms with E-state index >= 15 is 4.39 Å². The molecule has 2 aliphatic heterocycles. The van der Waals surface area contributed by atoms with Crippen LogP contribution in [0.1, 0.15) is 40.1 Å². The van der Waals surface area contributed by atoms with Crippen molar-refractivity contribution in [3.8, 4) is 5.75 Å². The maximum absolute atomic E-state index is 15.4. The number of carbonyl (C=O) groups is 1. The highest BCUT2D eigenvalue weighted by Gasteiger charge is 2.47. The molecule has 3 heterocycles. The normalized spacial score (nSPS) is 18.4. The Kier molecular flexibility index (Phi) is 5.54. The fraction of sp³-hybridized carbons (Fsp3) is 0.250. The Labute approximate surface area is 201 Å². The van der Waals surface area contributed by atoms with Crippen molar-refractivity contribution < 1.29 is 27.5 Å². The molecule has 1 N–H and O–H groups in total. The van der Waals surface area contributed by atoms with Crippen LogP contribution in [-0.2, 0) is 5.75 Å². The Morgan fingerprint density at radius 1 is 1.09 bits per heavy atom. The second-order valence-electron chi connectivity index (χ2n) is 8.34. The third kappa shape index (κ3) is 3.74. The minimum absolute atomic E-state index is 0.253. The first-order valence-corrected chi connectivity index (χ1v) is 11.7. The summed E-state index contributed by atoms with van der Waals surface area (Å²) >= 11 is 1.46. The van der Waals surface area contributed by atoms with Crippen LogP contribution in [0, 0.1) is 5.82 Å². The number of rotatable bonds is 2. The molecule has 1 aromatic heterocycles. The van der Waals surface area contributed by atoms with Crippen LogP contribution in [0.15, 0.2) is 64.4 Å². The molecule has 6 nitrogen and oxygen atoms in total. The van der Waals surface area contributed by atoms with Gasteiger partial charge in [0.1, 0.15) is 24.6 Å². The van der Waals surface area contributed by atoms with Crippen molar-refractivity contribution in [1.29, 1.82) is 0 Å². The van der Waals surface area contributed by atoms with Crippen LogP contribution in [0.2, 0.25) is 0 Å². The number of hydrogen-bond donors (Lipinski definition) is 1. The van der Waals surface area contributed by atoms with Gasteiger partial charge < -0.3 is 10.0 Å². The Hall–Kier alpha value is -3.47. The fourth-order valence-electron chi connectivity index (χ4n) is 4.51. The van der Waals surface area contributed by atoms with Gasteiger partial charge in [0, 0.05) is 28.5 Å². The molecule has 11 heteroatoms. The molecule has 1 amide bonds. The van der Waals surface area contributed by atoms with Gasteiger partial charge in [-0.1, -0.05) is 30.3 Å². The highest BCUT2D eigenvalue weighted by Crippen LogP contribution is 2.44. The molecule has 0 fully saturated rings. The lowest BCUT2D eigenvalue weighted by atomic mass is 9.93. The monoisotopic (exact) mass is 505 g/mol. The van der Waals surface area contributed by atoms with Gasteiger partial charge in [0.25, 0.3) is 5.91 Å². The van der Waals surface area contributed by atoms with Gasteiger partial charge in [-0.3, -0.25) is 19.3 Å². The van der Waals surface area contributed by atoms with Crippen LogP contribution in [0.3, 0.4) is 0 Å². The molecule has 0 saturated heterocycles. The number of pyridine rings is 1. The van der Waals surface area contributed by atoms with Gasteiger partial charge >= 0.3 is 6.18 Å². The van der Waals surface area contributed by atoms with Crippen molar-refractivity contribution in [3.63, 3.8) is 0 Å². The highest BCUT2D eigenvalue weighted by molar-refractivity contribution is 7.98. The molecule has 0 unspecified atom stereocenters. The van der Waals surface area contributed by atoms with Gasteiger partial charge in [-0.25, -0.2) is 4.39 Å². The zero-order valence-corrected chi connectivity index (χ0v) is 19.1. The van der Waals surface area contributed by atoms with Crippen LogP contribution < -0.4 is 10.4 Å². The summed E-state index contributed by atoms with van der Waals surface area (Å²) in [6.07, 6.45) is -3.55. The van der Waals surface area contributed by atoms with Crippen molar-refractivity contribution in [2.24, 2.45) is 0 Å². The molecule has 182 valence electrons. The molecule has 2 aromatic carbocycles. The van der Waals surface area contributed by atoms with Crippen LogP contribution in [0.4, 0.5) is 17.6 Å². The summed E-state index contributed by atoms with van der Waals surface area (Å²) in [5, 5.41) is 11.8. The molecule has 0 radical (unpaired) electrons. The standard InChI is InChI=1S/C24H19F4N3O3S/c1-13(24(26,27)28)29-12-31(30-10-9-17(32)22(33)21(30)23(29)34)20-15-6-2-3-8-18(15)35-11-14-5-4-7-16(25)19(14)20/h2-10,13,20,33H,11-12H2,1H3/t13-,20-/m1/s1. The number of hydrogen-bond acceptors (Lipinski definition) is 5. The average molecular weight is 505 g/mol. The first-order chi connectivity index (χ1) is 16.6. The number of benzene rings is 2. The number of nitrogens with zero attached hydrogens (tertiary/aromatic N) is 3. The number of fused-ring (bicyclic) bond motifs is 3. The van der Waals surface area contributed by atoms with Crippen molar-refractivity contribution in [3.05, 3.63) is 93.2 Å². The zero-order chi connectivity index (χ0) is 25.1. The van der Waals surface area contributed by atoms with E-state index < -0.39 is 53.5 Å². The molecular weight excluding hydrogens is 486 g/mol. The fourth-order valence-corrected chi connectivity index (χ4v) is 5.59. The lowest BCUT2D eigenvalue weighted by Gasteiger charge is -2.46. The second kappa shape index (κ2) is 8.33. The predicted molar refractivity (Wildman–Crippen MR) is 121 cm³/mol. The Bertz CT molecular complexity index is 1390. The molecule has 3 aromatic rings. The molecule has 2 aliphatic rings. The van der Waals surface area contributed by atoms with E-state index in [0.29, 0.717) is 21.8 Å². The number of aromatic hydroxyl groups is 1.